The largest absolute Gasteiger partial charge is 0.303 e. The number of rotatable bonds is 2. The molecule has 0 amide bonds. The lowest BCUT2D eigenvalue weighted by Gasteiger charge is -2.05. The van der Waals surface area contributed by atoms with Gasteiger partial charge in [-0.1, -0.05) is 0 Å². The average molecular weight is 137 g/mol. The number of hydrogen-bond acceptors (Lipinski definition) is 1. The highest BCUT2D eigenvalue weighted by Crippen LogP contribution is 1.79. The lowest BCUT2D eigenvalue weighted by Crippen LogP contribution is -2.29. The van der Waals surface area contributed by atoms with Crippen LogP contribution in [-0.4, -0.2) is 20.7 Å². The van der Waals surface area contributed by atoms with Crippen LogP contribution in [0.2, 0.25) is 0 Å². The zero-order valence-corrected chi connectivity index (χ0v) is 5.86. The minimum absolute atomic E-state index is 0.00463. The Hall–Kier alpha value is -0.0600. The van der Waals surface area contributed by atoms with E-state index in [4.69, 9.17) is 4.55 Å². The van der Waals surface area contributed by atoms with Gasteiger partial charge in [0.1, 0.15) is 9.99 Å². The van der Waals surface area contributed by atoms with Crippen molar-refractivity contribution in [2.75, 3.05) is 0 Å². The molecule has 0 spiro atoms. The van der Waals surface area contributed by atoms with Crippen LogP contribution in [0.5, 0.6) is 0 Å². The molecule has 0 bridgehead atoms. The molecule has 3 nitrogen and oxygen atoms in total. The van der Waals surface area contributed by atoms with E-state index < -0.39 is 9.99 Å². The summed E-state index contributed by atoms with van der Waals surface area (Å²) in [6.07, 6.45) is 0. The number of nitrogens with one attached hydrogen (secondary N) is 1. The molecule has 0 rings (SSSR count). The lowest BCUT2D eigenvalue weighted by atomic mass is 10.4. The molecular weight excluding hydrogens is 126 g/mol. The first-order chi connectivity index (χ1) is 3.42. The maximum atomic E-state index is 10.3. The van der Waals surface area contributed by atoms with Crippen molar-refractivity contribution >= 4 is 15.9 Å². The highest BCUT2D eigenvalue weighted by Gasteiger charge is 1.96. The van der Waals surface area contributed by atoms with Gasteiger partial charge in [0.25, 0.3) is 0 Å². The van der Waals surface area contributed by atoms with Gasteiger partial charge in [0.15, 0.2) is 0 Å². The quantitative estimate of drug-likeness (QED) is 0.530. The second-order valence-electron chi connectivity index (χ2n) is 1.91. The van der Waals surface area contributed by atoms with Gasteiger partial charge >= 0.3 is 0 Å². The molecule has 4 heteroatoms. The Labute approximate surface area is 50.1 Å². The van der Waals surface area contributed by atoms with E-state index in [1.807, 2.05) is 0 Å². The third-order valence-electron chi connectivity index (χ3n) is 0.420. The maximum Gasteiger partial charge on any atom is 0.138 e. The molecule has 2 N–H and O–H groups in total. The Balaban J connectivity index is 3.75. The molecule has 0 aliphatic heterocycles. The normalized spacial score (nSPS) is 18.5. The second kappa shape index (κ2) is 2.48. The third-order valence-corrected chi connectivity index (χ3v) is 1.26. The van der Waals surface area contributed by atoms with Crippen molar-refractivity contribution in [2.45, 2.75) is 19.9 Å². The standard InChI is InChI=1S/C4H11NO2S/c1-4(2)5-8(3,6)7/h4H,3H2,1-2H3,(H2,5,6,7). The van der Waals surface area contributed by atoms with Gasteiger partial charge in [0.2, 0.25) is 0 Å². The molecule has 0 aromatic carbocycles. The summed E-state index contributed by atoms with van der Waals surface area (Å²) in [7, 11) is -2.97. The van der Waals surface area contributed by atoms with Crippen molar-refractivity contribution in [3.8, 4) is 0 Å². The van der Waals surface area contributed by atoms with Crippen LogP contribution in [0.1, 0.15) is 13.8 Å². The molecule has 0 saturated heterocycles. The summed E-state index contributed by atoms with van der Waals surface area (Å²) < 4.78 is 21.2. The first-order valence-electron chi connectivity index (χ1n) is 2.29. The fourth-order valence-corrected chi connectivity index (χ4v) is 1.10. The summed E-state index contributed by atoms with van der Waals surface area (Å²) in [5.41, 5.74) is 0. The van der Waals surface area contributed by atoms with Crippen molar-refractivity contribution in [2.24, 2.45) is 0 Å². The van der Waals surface area contributed by atoms with Crippen molar-refractivity contribution in [1.29, 1.82) is 0 Å². The molecule has 0 radical (unpaired) electrons. The molecule has 0 aromatic heterocycles. The molecule has 1 atom stereocenters. The smallest absolute Gasteiger partial charge is 0.138 e. The van der Waals surface area contributed by atoms with Crippen LogP contribution in [0, 0.1) is 0 Å². The van der Waals surface area contributed by atoms with Gasteiger partial charge in [-0.3, -0.25) is 0 Å². The second-order valence-corrected chi connectivity index (χ2v) is 3.43. The Morgan fingerprint density at radius 2 is 2.12 bits per heavy atom. The molecule has 0 heterocycles. The summed E-state index contributed by atoms with van der Waals surface area (Å²) in [6, 6.07) is 0.00463. The summed E-state index contributed by atoms with van der Waals surface area (Å²) in [6.45, 7) is 3.56. The van der Waals surface area contributed by atoms with Gasteiger partial charge in [0, 0.05) is 6.04 Å². The lowest BCUT2D eigenvalue weighted by molar-refractivity contribution is 0.534. The molecule has 1 unspecified atom stereocenters. The summed E-state index contributed by atoms with van der Waals surface area (Å²) in [5, 5.41) is 0. The van der Waals surface area contributed by atoms with E-state index in [2.05, 4.69) is 10.6 Å². The van der Waals surface area contributed by atoms with Gasteiger partial charge in [-0.25, -0.2) is 8.93 Å². The van der Waals surface area contributed by atoms with E-state index in [9.17, 15) is 4.21 Å². The van der Waals surface area contributed by atoms with Crippen molar-refractivity contribution in [3.63, 3.8) is 0 Å². The Morgan fingerprint density at radius 3 is 2.12 bits per heavy atom. The van der Waals surface area contributed by atoms with Gasteiger partial charge in [-0.05, 0) is 19.7 Å². The van der Waals surface area contributed by atoms with E-state index in [1.165, 1.54) is 0 Å². The zero-order chi connectivity index (χ0) is 6.78. The van der Waals surface area contributed by atoms with Crippen molar-refractivity contribution < 1.29 is 8.76 Å². The van der Waals surface area contributed by atoms with Crippen LogP contribution in [0.15, 0.2) is 0 Å². The van der Waals surface area contributed by atoms with Crippen LogP contribution in [0.3, 0.4) is 0 Å². The fourth-order valence-electron chi connectivity index (χ4n) is 0.368. The summed E-state index contributed by atoms with van der Waals surface area (Å²) >= 11 is 0. The molecule has 50 valence electrons. The summed E-state index contributed by atoms with van der Waals surface area (Å²) in [5.74, 6) is 2.98. The average Bonchev–Trinajstić information content (AvgIpc) is 1.21. The Morgan fingerprint density at radius 1 is 1.75 bits per heavy atom. The zero-order valence-electron chi connectivity index (χ0n) is 5.05. The van der Waals surface area contributed by atoms with Crippen LogP contribution in [-0.2, 0) is 9.99 Å². The molecule has 0 aliphatic rings. The number of hydrogen-bond donors (Lipinski definition) is 2. The van der Waals surface area contributed by atoms with Gasteiger partial charge in [0.05, 0.1) is 0 Å². The van der Waals surface area contributed by atoms with Gasteiger partial charge in [-0.15, -0.1) is 0 Å². The van der Waals surface area contributed by atoms with Crippen LogP contribution in [0.25, 0.3) is 0 Å². The van der Waals surface area contributed by atoms with E-state index in [0.717, 1.165) is 0 Å². The molecule has 0 aromatic rings. The van der Waals surface area contributed by atoms with Crippen LogP contribution in [0.4, 0.5) is 0 Å². The minimum Gasteiger partial charge on any atom is -0.303 e. The predicted molar refractivity (Wildman–Crippen MR) is 36.2 cm³/mol. The first kappa shape index (κ1) is 7.94. The maximum absolute atomic E-state index is 10.3. The topological polar surface area (TPSA) is 49.3 Å². The van der Waals surface area contributed by atoms with Gasteiger partial charge < -0.3 is 4.55 Å². The predicted octanol–water partition coefficient (Wildman–Crippen LogP) is 0.0888. The highest BCUT2D eigenvalue weighted by molar-refractivity contribution is 7.93. The molecule has 0 saturated carbocycles. The molecular formula is C4H11NO2S. The van der Waals surface area contributed by atoms with Crippen LogP contribution < -0.4 is 4.72 Å². The molecule has 0 aliphatic carbocycles. The summed E-state index contributed by atoms with van der Waals surface area (Å²) in [4.78, 5) is 0. The molecule has 8 heavy (non-hydrogen) atoms. The monoisotopic (exact) mass is 137 g/mol. The first-order valence-corrected chi connectivity index (χ1v) is 3.97. The van der Waals surface area contributed by atoms with Gasteiger partial charge in [-0.2, -0.15) is 0 Å². The van der Waals surface area contributed by atoms with E-state index >= 15 is 0 Å². The third kappa shape index (κ3) is 5.94. The SMILES string of the molecule is C=S(=O)(O)NC(C)C. The Kier molecular flexibility index (Phi) is 2.46. The van der Waals surface area contributed by atoms with E-state index in [0.29, 0.717) is 0 Å². The van der Waals surface area contributed by atoms with E-state index in [-0.39, 0.29) is 6.04 Å². The highest BCUT2D eigenvalue weighted by atomic mass is 32.2. The van der Waals surface area contributed by atoms with Crippen molar-refractivity contribution in [1.82, 2.24) is 4.72 Å². The van der Waals surface area contributed by atoms with Crippen LogP contribution >= 0.6 is 0 Å². The Bertz CT molecular complexity index is 147. The minimum atomic E-state index is -2.97. The molecule has 0 fully saturated rings. The van der Waals surface area contributed by atoms with E-state index in [1.54, 1.807) is 13.8 Å². The van der Waals surface area contributed by atoms with Crippen molar-refractivity contribution in [3.05, 3.63) is 0 Å². The fraction of sp³-hybridized carbons (Fsp3) is 0.750.